The molecule has 2 aromatic rings. The molecule has 0 bridgehead atoms. The van der Waals surface area contributed by atoms with E-state index in [1.807, 2.05) is 6.07 Å². The van der Waals surface area contributed by atoms with Crippen molar-refractivity contribution >= 4 is 5.69 Å². The Bertz CT molecular complexity index is 617. The first-order chi connectivity index (χ1) is 10.2. The van der Waals surface area contributed by atoms with E-state index in [2.05, 4.69) is 5.32 Å². The first-order valence-corrected chi connectivity index (χ1v) is 6.85. The van der Waals surface area contributed by atoms with Crippen LogP contribution in [-0.4, -0.2) is 18.0 Å². The van der Waals surface area contributed by atoms with Crippen molar-refractivity contribution in [2.24, 2.45) is 0 Å². The molecule has 21 heavy (non-hydrogen) atoms. The zero-order chi connectivity index (χ0) is 15.1. The lowest BCUT2D eigenvalue weighted by Crippen LogP contribution is -2.20. The van der Waals surface area contributed by atoms with Gasteiger partial charge in [-0.1, -0.05) is 36.4 Å². The maximum Gasteiger partial charge on any atom is 0.272 e. The maximum atomic E-state index is 13.4. The molecule has 0 aliphatic heterocycles. The summed E-state index contributed by atoms with van der Waals surface area (Å²) in [5, 5.41) is 14.1. The molecule has 0 aliphatic rings. The second kappa shape index (κ2) is 7.50. The van der Waals surface area contributed by atoms with Crippen molar-refractivity contribution in [3.05, 3.63) is 75.6 Å². The van der Waals surface area contributed by atoms with Crippen LogP contribution in [0.1, 0.15) is 11.1 Å². The molecule has 4 nitrogen and oxygen atoms in total. The fourth-order valence-electron chi connectivity index (χ4n) is 2.17. The molecule has 0 heterocycles. The average molecular weight is 288 g/mol. The molecule has 2 aromatic carbocycles. The number of nitro benzene ring substituents is 1. The molecule has 0 unspecified atom stereocenters. The highest BCUT2D eigenvalue weighted by molar-refractivity contribution is 5.39. The fraction of sp³-hybridized carbons (Fsp3) is 0.250. The van der Waals surface area contributed by atoms with E-state index in [9.17, 15) is 14.5 Å². The minimum Gasteiger partial charge on any atom is -0.316 e. The summed E-state index contributed by atoms with van der Waals surface area (Å²) in [6.45, 7) is 1.26. The SMILES string of the molecule is O=[N+]([O-])c1ccccc1CCNCCc1ccccc1F. The fourth-order valence-corrected chi connectivity index (χ4v) is 2.17. The van der Waals surface area contributed by atoms with Crippen molar-refractivity contribution in [3.63, 3.8) is 0 Å². The predicted molar refractivity (Wildman–Crippen MR) is 79.8 cm³/mol. The van der Waals surface area contributed by atoms with E-state index in [4.69, 9.17) is 0 Å². The summed E-state index contributed by atoms with van der Waals surface area (Å²) in [6, 6.07) is 13.4. The normalized spacial score (nSPS) is 10.5. The van der Waals surface area contributed by atoms with Gasteiger partial charge in [0.25, 0.3) is 5.69 Å². The van der Waals surface area contributed by atoms with Gasteiger partial charge in [0.05, 0.1) is 4.92 Å². The Kier molecular flexibility index (Phi) is 5.40. The number of hydrogen-bond donors (Lipinski definition) is 1. The summed E-state index contributed by atoms with van der Waals surface area (Å²) in [4.78, 5) is 10.5. The van der Waals surface area contributed by atoms with Gasteiger partial charge >= 0.3 is 0 Å². The Morgan fingerprint density at radius 2 is 1.52 bits per heavy atom. The van der Waals surface area contributed by atoms with Gasteiger partial charge in [0.2, 0.25) is 0 Å². The number of para-hydroxylation sites is 1. The summed E-state index contributed by atoms with van der Waals surface area (Å²) >= 11 is 0. The van der Waals surface area contributed by atoms with Crippen LogP contribution < -0.4 is 5.32 Å². The van der Waals surface area contributed by atoms with E-state index in [0.29, 0.717) is 37.1 Å². The Hall–Kier alpha value is -2.27. The van der Waals surface area contributed by atoms with E-state index >= 15 is 0 Å². The highest BCUT2D eigenvalue weighted by Crippen LogP contribution is 2.17. The van der Waals surface area contributed by atoms with Crippen molar-refractivity contribution in [2.75, 3.05) is 13.1 Å². The van der Waals surface area contributed by atoms with E-state index in [-0.39, 0.29) is 16.4 Å². The third-order valence-corrected chi connectivity index (χ3v) is 3.29. The molecule has 5 heteroatoms. The molecule has 0 saturated heterocycles. The minimum atomic E-state index is -0.366. The largest absolute Gasteiger partial charge is 0.316 e. The van der Waals surface area contributed by atoms with Crippen LogP contribution in [-0.2, 0) is 12.8 Å². The van der Waals surface area contributed by atoms with Crippen LogP contribution in [0.5, 0.6) is 0 Å². The van der Waals surface area contributed by atoms with Gasteiger partial charge in [-0.2, -0.15) is 0 Å². The summed E-state index contributed by atoms with van der Waals surface area (Å²) in [6.07, 6.45) is 1.18. The van der Waals surface area contributed by atoms with E-state index in [1.165, 1.54) is 12.1 Å². The molecule has 0 radical (unpaired) electrons. The van der Waals surface area contributed by atoms with Gasteiger partial charge in [-0.05, 0) is 37.6 Å². The topological polar surface area (TPSA) is 55.2 Å². The number of halogens is 1. The molecule has 1 N–H and O–H groups in total. The first kappa shape index (κ1) is 15.1. The molecule has 0 fully saturated rings. The lowest BCUT2D eigenvalue weighted by atomic mass is 10.1. The Morgan fingerprint density at radius 1 is 0.952 bits per heavy atom. The van der Waals surface area contributed by atoms with E-state index < -0.39 is 0 Å². The summed E-state index contributed by atoms with van der Waals surface area (Å²) < 4.78 is 13.4. The van der Waals surface area contributed by atoms with Crippen molar-refractivity contribution in [3.8, 4) is 0 Å². The summed E-state index contributed by atoms with van der Waals surface area (Å²) in [5.74, 6) is -0.196. The zero-order valence-electron chi connectivity index (χ0n) is 11.6. The van der Waals surface area contributed by atoms with Gasteiger partial charge in [-0.25, -0.2) is 4.39 Å². The van der Waals surface area contributed by atoms with Gasteiger partial charge in [-0.15, -0.1) is 0 Å². The first-order valence-electron chi connectivity index (χ1n) is 6.85. The third kappa shape index (κ3) is 4.36. The molecule has 0 aliphatic carbocycles. The number of nitro groups is 1. The van der Waals surface area contributed by atoms with Gasteiger partial charge in [0, 0.05) is 11.6 Å². The van der Waals surface area contributed by atoms with Crippen molar-refractivity contribution in [1.29, 1.82) is 0 Å². The monoisotopic (exact) mass is 288 g/mol. The second-order valence-electron chi connectivity index (χ2n) is 4.73. The molecular formula is C16H17FN2O2. The van der Waals surface area contributed by atoms with Crippen molar-refractivity contribution < 1.29 is 9.31 Å². The quantitative estimate of drug-likeness (QED) is 0.484. The number of nitrogens with one attached hydrogen (secondary N) is 1. The van der Waals surface area contributed by atoms with Crippen LogP contribution in [0.2, 0.25) is 0 Å². The van der Waals surface area contributed by atoms with E-state index in [0.717, 1.165) is 0 Å². The molecule has 110 valence electrons. The number of hydrogen-bond acceptors (Lipinski definition) is 3. The Balaban J connectivity index is 1.78. The van der Waals surface area contributed by atoms with Gasteiger partial charge in [0.15, 0.2) is 0 Å². The van der Waals surface area contributed by atoms with Crippen LogP contribution in [0.15, 0.2) is 48.5 Å². The smallest absolute Gasteiger partial charge is 0.272 e. The van der Waals surface area contributed by atoms with Crippen LogP contribution in [0, 0.1) is 15.9 Å². The molecular weight excluding hydrogens is 271 g/mol. The minimum absolute atomic E-state index is 0.147. The number of nitrogens with zero attached hydrogens (tertiary/aromatic N) is 1. The van der Waals surface area contributed by atoms with Crippen molar-refractivity contribution in [2.45, 2.75) is 12.8 Å². The molecule has 0 spiro atoms. The van der Waals surface area contributed by atoms with E-state index in [1.54, 1.807) is 30.3 Å². The maximum absolute atomic E-state index is 13.4. The second-order valence-corrected chi connectivity index (χ2v) is 4.73. The lowest BCUT2D eigenvalue weighted by molar-refractivity contribution is -0.385. The standard InChI is InChI=1S/C16H17FN2O2/c17-15-7-3-1-5-13(15)9-11-18-12-10-14-6-2-4-8-16(14)19(20)21/h1-8,18H,9-12H2. The summed E-state index contributed by atoms with van der Waals surface area (Å²) in [5.41, 5.74) is 1.53. The van der Waals surface area contributed by atoms with Gasteiger partial charge in [-0.3, -0.25) is 10.1 Å². The van der Waals surface area contributed by atoms with Crippen LogP contribution in [0.25, 0.3) is 0 Å². The van der Waals surface area contributed by atoms with Crippen LogP contribution in [0.3, 0.4) is 0 Å². The molecule has 0 amide bonds. The van der Waals surface area contributed by atoms with Crippen LogP contribution in [0.4, 0.5) is 10.1 Å². The summed E-state index contributed by atoms with van der Waals surface area (Å²) in [7, 11) is 0. The van der Waals surface area contributed by atoms with Crippen molar-refractivity contribution in [1.82, 2.24) is 5.32 Å². The third-order valence-electron chi connectivity index (χ3n) is 3.29. The molecule has 0 atom stereocenters. The number of rotatable bonds is 7. The average Bonchev–Trinajstić information content (AvgIpc) is 2.49. The molecule has 2 rings (SSSR count). The predicted octanol–water partition coefficient (Wildman–Crippen LogP) is 3.11. The van der Waals surface area contributed by atoms with Crippen LogP contribution >= 0.6 is 0 Å². The Labute approximate surface area is 122 Å². The van der Waals surface area contributed by atoms with Gasteiger partial charge < -0.3 is 5.32 Å². The highest BCUT2D eigenvalue weighted by Gasteiger charge is 2.11. The Morgan fingerprint density at radius 3 is 2.19 bits per heavy atom. The molecule has 0 saturated carbocycles. The zero-order valence-corrected chi connectivity index (χ0v) is 11.6. The van der Waals surface area contributed by atoms with Gasteiger partial charge in [0.1, 0.15) is 5.82 Å². The number of benzene rings is 2. The highest BCUT2D eigenvalue weighted by atomic mass is 19.1. The lowest BCUT2D eigenvalue weighted by Gasteiger charge is -2.06. The molecule has 0 aromatic heterocycles.